The second-order valence-corrected chi connectivity index (χ2v) is 6.66. The summed E-state index contributed by atoms with van der Waals surface area (Å²) in [5.74, 6) is -1.14. The number of hydrogen-bond acceptors (Lipinski definition) is 4. The van der Waals surface area contributed by atoms with E-state index in [2.05, 4.69) is 10.6 Å². The van der Waals surface area contributed by atoms with E-state index < -0.39 is 12.0 Å². The maximum absolute atomic E-state index is 12.3. The van der Waals surface area contributed by atoms with E-state index in [0.29, 0.717) is 36.7 Å². The van der Waals surface area contributed by atoms with Crippen LogP contribution >= 0.6 is 0 Å². The molecule has 0 spiro atoms. The molecule has 3 N–H and O–H groups in total. The molecule has 0 bridgehead atoms. The van der Waals surface area contributed by atoms with Crippen LogP contribution in [0.15, 0.2) is 24.3 Å². The predicted octanol–water partition coefficient (Wildman–Crippen LogP) is 1.56. The molecule has 1 heterocycles. The van der Waals surface area contributed by atoms with Crippen molar-refractivity contribution < 1.29 is 19.5 Å². The first-order chi connectivity index (χ1) is 11.9. The molecule has 136 valence electrons. The summed E-state index contributed by atoms with van der Waals surface area (Å²) in [6.45, 7) is 5.14. The first-order valence-corrected chi connectivity index (χ1v) is 8.52. The molecule has 1 saturated heterocycles. The van der Waals surface area contributed by atoms with Crippen molar-refractivity contribution in [3.8, 4) is 0 Å². The van der Waals surface area contributed by atoms with E-state index in [4.69, 9.17) is 0 Å². The number of aliphatic carboxylic acids is 1. The number of nitrogens with one attached hydrogen (secondary N) is 2. The van der Waals surface area contributed by atoms with E-state index in [-0.39, 0.29) is 18.4 Å². The SMILES string of the molecule is CC(C)CNC(=O)c1ccccc1NC(=O)CN1CCCC1C(=O)O. The number of carbonyl (C=O) groups excluding carboxylic acids is 2. The Bertz CT molecular complexity index is 645. The number of likely N-dealkylation sites (tertiary alicyclic amines) is 1. The largest absolute Gasteiger partial charge is 0.480 e. The van der Waals surface area contributed by atoms with E-state index in [1.165, 1.54) is 0 Å². The molecule has 1 aromatic rings. The topological polar surface area (TPSA) is 98.7 Å². The number of para-hydroxylation sites is 1. The van der Waals surface area contributed by atoms with Crippen LogP contribution in [0.3, 0.4) is 0 Å². The van der Waals surface area contributed by atoms with Crippen LogP contribution in [0.4, 0.5) is 5.69 Å². The minimum Gasteiger partial charge on any atom is -0.480 e. The Morgan fingerprint density at radius 2 is 2.00 bits per heavy atom. The molecule has 1 aliphatic rings. The average Bonchev–Trinajstić information content (AvgIpc) is 3.01. The molecule has 0 saturated carbocycles. The summed E-state index contributed by atoms with van der Waals surface area (Å²) < 4.78 is 0. The second kappa shape index (κ2) is 8.62. The first kappa shape index (κ1) is 18.9. The van der Waals surface area contributed by atoms with Gasteiger partial charge >= 0.3 is 5.97 Å². The van der Waals surface area contributed by atoms with Crippen molar-refractivity contribution >= 4 is 23.5 Å². The smallest absolute Gasteiger partial charge is 0.320 e. The fourth-order valence-corrected chi connectivity index (χ4v) is 2.85. The number of hydrogen-bond donors (Lipinski definition) is 3. The van der Waals surface area contributed by atoms with Crippen LogP contribution in [0.2, 0.25) is 0 Å². The van der Waals surface area contributed by atoms with Gasteiger partial charge in [0.2, 0.25) is 5.91 Å². The average molecular weight is 347 g/mol. The monoisotopic (exact) mass is 347 g/mol. The third-order valence-corrected chi connectivity index (χ3v) is 4.11. The summed E-state index contributed by atoms with van der Waals surface area (Å²) in [5, 5.41) is 14.7. The maximum Gasteiger partial charge on any atom is 0.320 e. The van der Waals surface area contributed by atoms with Gasteiger partial charge in [0.25, 0.3) is 5.91 Å². The molecule has 1 atom stereocenters. The molecular weight excluding hydrogens is 322 g/mol. The summed E-state index contributed by atoms with van der Waals surface area (Å²) in [6.07, 6.45) is 1.31. The number of anilines is 1. The number of carboxylic acid groups (broad SMARTS) is 1. The lowest BCUT2D eigenvalue weighted by atomic mass is 10.1. The number of nitrogens with zero attached hydrogens (tertiary/aromatic N) is 1. The number of carboxylic acids is 1. The number of benzene rings is 1. The van der Waals surface area contributed by atoms with Gasteiger partial charge < -0.3 is 15.7 Å². The quantitative estimate of drug-likeness (QED) is 0.695. The summed E-state index contributed by atoms with van der Waals surface area (Å²) in [4.78, 5) is 37.4. The molecule has 1 aromatic carbocycles. The lowest BCUT2D eigenvalue weighted by Crippen LogP contribution is -2.41. The molecule has 1 fully saturated rings. The van der Waals surface area contributed by atoms with Crippen LogP contribution in [-0.2, 0) is 9.59 Å². The minimum atomic E-state index is -0.904. The van der Waals surface area contributed by atoms with Crippen molar-refractivity contribution in [1.29, 1.82) is 0 Å². The van der Waals surface area contributed by atoms with Gasteiger partial charge in [0.1, 0.15) is 6.04 Å². The predicted molar refractivity (Wildman–Crippen MR) is 94.5 cm³/mol. The molecular formula is C18H25N3O4. The van der Waals surface area contributed by atoms with Gasteiger partial charge in [0.15, 0.2) is 0 Å². The molecule has 1 unspecified atom stereocenters. The lowest BCUT2D eigenvalue weighted by molar-refractivity contribution is -0.142. The van der Waals surface area contributed by atoms with Crippen molar-refractivity contribution in [3.63, 3.8) is 0 Å². The van der Waals surface area contributed by atoms with E-state index in [1.807, 2.05) is 13.8 Å². The van der Waals surface area contributed by atoms with E-state index in [9.17, 15) is 19.5 Å². The van der Waals surface area contributed by atoms with Crippen LogP contribution in [0.1, 0.15) is 37.0 Å². The maximum atomic E-state index is 12.3. The van der Waals surface area contributed by atoms with Crippen molar-refractivity contribution in [1.82, 2.24) is 10.2 Å². The van der Waals surface area contributed by atoms with E-state index in [1.54, 1.807) is 29.2 Å². The Kier molecular flexibility index (Phi) is 6.52. The summed E-state index contributed by atoms with van der Waals surface area (Å²) in [7, 11) is 0. The Hall–Kier alpha value is -2.41. The molecule has 0 aromatic heterocycles. The van der Waals surface area contributed by atoms with Gasteiger partial charge in [-0.25, -0.2) is 0 Å². The van der Waals surface area contributed by atoms with Crippen molar-refractivity contribution in [2.75, 3.05) is 25.0 Å². The van der Waals surface area contributed by atoms with Gasteiger partial charge in [0.05, 0.1) is 17.8 Å². The molecule has 25 heavy (non-hydrogen) atoms. The highest BCUT2D eigenvalue weighted by Gasteiger charge is 2.31. The molecule has 1 aliphatic heterocycles. The number of rotatable bonds is 7. The van der Waals surface area contributed by atoms with E-state index in [0.717, 1.165) is 6.42 Å². The zero-order chi connectivity index (χ0) is 18.4. The van der Waals surface area contributed by atoms with Gasteiger partial charge in [-0.2, -0.15) is 0 Å². The number of amides is 2. The van der Waals surface area contributed by atoms with Crippen molar-refractivity contribution in [2.24, 2.45) is 5.92 Å². The third kappa shape index (κ3) is 5.29. The first-order valence-electron chi connectivity index (χ1n) is 8.52. The lowest BCUT2D eigenvalue weighted by Gasteiger charge is -2.20. The summed E-state index contributed by atoms with van der Waals surface area (Å²) in [5.41, 5.74) is 0.826. The van der Waals surface area contributed by atoms with Crippen LogP contribution in [0.5, 0.6) is 0 Å². The fourth-order valence-electron chi connectivity index (χ4n) is 2.85. The Morgan fingerprint density at radius 1 is 1.28 bits per heavy atom. The second-order valence-electron chi connectivity index (χ2n) is 6.66. The molecule has 2 amide bonds. The van der Waals surface area contributed by atoms with Gasteiger partial charge in [-0.1, -0.05) is 26.0 Å². The van der Waals surface area contributed by atoms with Gasteiger partial charge in [-0.3, -0.25) is 19.3 Å². The minimum absolute atomic E-state index is 0.00108. The Morgan fingerprint density at radius 3 is 2.68 bits per heavy atom. The Labute approximate surface area is 147 Å². The highest BCUT2D eigenvalue weighted by molar-refractivity contribution is 6.04. The van der Waals surface area contributed by atoms with Crippen molar-refractivity contribution in [2.45, 2.75) is 32.7 Å². The Balaban J connectivity index is 2.01. The zero-order valence-corrected chi connectivity index (χ0v) is 14.6. The van der Waals surface area contributed by atoms with Crippen LogP contribution in [-0.4, -0.2) is 53.5 Å². The standard InChI is InChI=1S/C18H25N3O4/c1-12(2)10-19-17(23)13-6-3-4-7-14(13)20-16(22)11-21-9-5-8-15(21)18(24)25/h3-4,6-7,12,15H,5,8-11H2,1-2H3,(H,19,23)(H,20,22)(H,24,25). The molecule has 7 heteroatoms. The molecule has 7 nitrogen and oxygen atoms in total. The van der Waals surface area contributed by atoms with Crippen molar-refractivity contribution in [3.05, 3.63) is 29.8 Å². The van der Waals surface area contributed by atoms with E-state index >= 15 is 0 Å². The van der Waals surface area contributed by atoms with Gasteiger partial charge in [-0.05, 0) is 37.4 Å². The molecule has 0 aliphatic carbocycles. The summed E-state index contributed by atoms with van der Waals surface area (Å²) >= 11 is 0. The summed E-state index contributed by atoms with van der Waals surface area (Å²) in [6, 6.07) is 6.18. The number of carbonyl (C=O) groups is 3. The van der Waals surface area contributed by atoms with Crippen LogP contribution < -0.4 is 10.6 Å². The zero-order valence-electron chi connectivity index (χ0n) is 14.6. The van der Waals surface area contributed by atoms with Crippen LogP contribution in [0.25, 0.3) is 0 Å². The highest BCUT2D eigenvalue weighted by Crippen LogP contribution is 2.18. The molecule has 2 rings (SSSR count). The normalized spacial score (nSPS) is 17.5. The highest BCUT2D eigenvalue weighted by atomic mass is 16.4. The third-order valence-electron chi connectivity index (χ3n) is 4.11. The van der Waals surface area contributed by atoms with Gasteiger partial charge in [-0.15, -0.1) is 0 Å². The molecule has 0 radical (unpaired) electrons. The van der Waals surface area contributed by atoms with Crippen LogP contribution in [0, 0.1) is 5.92 Å². The van der Waals surface area contributed by atoms with Gasteiger partial charge in [0, 0.05) is 6.54 Å². The fraction of sp³-hybridized carbons (Fsp3) is 0.500.